The van der Waals surface area contributed by atoms with Crippen molar-refractivity contribution in [1.82, 2.24) is 4.00 Å². The zero-order valence-corrected chi connectivity index (χ0v) is 15.8. The first-order valence-electron chi connectivity index (χ1n) is 6.37. The SMILES string of the molecule is C[Si](C)(C)N(P(F)c1c(F)c(F)cc(F)c1F)[Si](C)(C)C. The van der Waals surface area contributed by atoms with Crippen LogP contribution < -0.4 is 5.30 Å². The number of hydrogen-bond donors (Lipinski definition) is 0. The minimum absolute atomic E-state index is 0.102. The van der Waals surface area contributed by atoms with Crippen molar-refractivity contribution in [3.8, 4) is 0 Å². The monoisotopic (exact) mass is 359 g/mol. The average Bonchev–Trinajstić information content (AvgIpc) is 2.22. The van der Waals surface area contributed by atoms with Crippen LogP contribution in [0, 0.1) is 23.3 Å². The molecule has 0 aliphatic rings. The number of rotatable bonds is 4. The topological polar surface area (TPSA) is 3.24 Å². The number of benzene rings is 1. The van der Waals surface area contributed by atoms with Gasteiger partial charge in [-0.3, -0.25) is 4.00 Å². The molecule has 0 saturated heterocycles. The van der Waals surface area contributed by atoms with Crippen LogP contribution in [-0.2, 0) is 0 Å². The Morgan fingerprint density at radius 3 is 1.43 bits per heavy atom. The predicted molar refractivity (Wildman–Crippen MR) is 82.5 cm³/mol. The van der Waals surface area contributed by atoms with Gasteiger partial charge in [-0.1, -0.05) is 39.3 Å². The molecule has 0 aliphatic carbocycles. The van der Waals surface area contributed by atoms with Gasteiger partial charge in [-0.25, -0.2) is 21.8 Å². The van der Waals surface area contributed by atoms with Crippen LogP contribution in [0.15, 0.2) is 6.07 Å². The lowest BCUT2D eigenvalue weighted by Crippen LogP contribution is -2.56. The van der Waals surface area contributed by atoms with Crippen molar-refractivity contribution < 1.29 is 21.8 Å². The van der Waals surface area contributed by atoms with E-state index in [1.807, 2.05) is 39.3 Å². The van der Waals surface area contributed by atoms with E-state index in [9.17, 15) is 21.8 Å². The van der Waals surface area contributed by atoms with Gasteiger partial charge in [0.2, 0.25) is 0 Å². The molecule has 1 unspecified atom stereocenters. The summed E-state index contributed by atoms with van der Waals surface area (Å²) >= 11 is 0. The van der Waals surface area contributed by atoms with Gasteiger partial charge < -0.3 is 0 Å². The van der Waals surface area contributed by atoms with Gasteiger partial charge in [-0.15, -0.1) is 0 Å². The van der Waals surface area contributed by atoms with Gasteiger partial charge in [0.05, 0.1) is 5.30 Å². The standard InChI is InChI=1S/C12H19F5NPSi2/c1-20(2,3)18(21(4,5)6)19(17)12-10(15)8(13)7-9(14)11(12)16/h7H,1-6H3. The second kappa shape index (κ2) is 6.06. The maximum atomic E-state index is 14.9. The summed E-state index contributed by atoms with van der Waals surface area (Å²) in [5.74, 6) is -6.41. The van der Waals surface area contributed by atoms with Crippen LogP contribution in [0.3, 0.4) is 0 Å². The highest BCUT2D eigenvalue weighted by atomic mass is 31.2. The fraction of sp³-hybridized carbons (Fsp3) is 0.500. The molecular formula is C12H19F5NPSi2. The Bertz CT molecular complexity index is 502. The second-order valence-corrected chi connectivity index (χ2v) is 18.9. The first-order valence-corrected chi connectivity index (χ1v) is 14.5. The lowest BCUT2D eigenvalue weighted by Gasteiger charge is -2.44. The minimum Gasteiger partial charge on any atom is -0.295 e. The number of nitrogens with zero attached hydrogens (tertiary/aromatic N) is 1. The molecule has 0 saturated carbocycles. The van der Waals surface area contributed by atoms with Crippen molar-refractivity contribution in [1.29, 1.82) is 0 Å². The second-order valence-electron chi connectivity index (χ2n) is 6.73. The summed E-state index contributed by atoms with van der Waals surface area (Å²) in [7, 11) is -7.52. The molecule has 0 heterocycles. The highest BCUT2D eigenvalue weighted by molar-refractivity contribution is 7.62. The van der Waals surface area contributed by atoms with Gasteiger partial charge in [-0.2, -0.15) is 0 Å². The van der Waals surface area contributed by atoms with Crippen LogP contribution in [0.2, 0.25) is 39.3 Å². The van der Waals surface area contributed by atoms with Gasteiger partial charge in [0.15, 0.2) is 31.7 Å². The maximum Gasteiger partial charge on any atom is 0.182 e. The van der Waals surface area contributed by atoms with E-state index in [1.165, 1.54) is 4.00 Å². The van der Waals surface area contributed by atoms with E-state index in [1.54, 1.807) is 0 Å². The van der Waals surface area contributed by atoms with E-state index >= 15 is 0 Å². The van der Waals surface area contributed by atoms with Crippen molar-refractivity contribution >= 4 is 30.2 Å². The molecule has 9 heteroatoms. The molecule has 0 amide bonds. The molecule has 0 N–H and O–H groups in total. The third-order valence-electron chi connectivity index (χ3n) is 2.72. The fourth-order valence-electron chi connectivity index (χ4n) is 2.36. The lowest BCUT2D eigenvalue weighted by atomic mass is 10.3. The van der Waals surface area contributed by atoms with Crippen molar-refractivity contribution in [2.75, 3.05) is 0 Å². The summed E-state index contributed by atoms with van der Waals surface area (Å²) in [5.41, 5.74) is 0. The molecule has 0 aromatic heterocycles. The maximum absolute atomic E-state index is 14.9. The van der Waals surface area contributed by atoms with E-state index < -0.39 is 53.4 Å². The Morgan fingerprint density at radius 1 is 0.810 bits per heavy atom. The smallest absolute Gasteiger partial charge is 0.182 e. The molecular weight excluding hydrogens is 340 g/mol. The third kappa shape index (κ3) is 3.91. The highest BCUT2D eigenvalue weighted by Gasteiger charge is 2.43. The van der Waals surface area contributed by atoms with Gasteiger partial charge in [-0.05, 0) is 0 Å². The molecule has 1 aromatic carbocycles. The van der Waals surface area contributed by atoms with Gasteiger partial charge in [0.1, 0.15) is 16.5 Å². The summed E-state index contributed by atoms with van der Waals surface area (Å²) in [4.78, 5) is 0. The molecule has 0 aliphatic heterocycles. The Labute approximate surface area is 125 Å². The lowest BCUT2D eigenvalue weighted by molar-refractivity contribution is 0.462. The summed E-state index contributed by atoms with van der Waals surface area (Å²) in [6, 6.07) is 0.102. The molecule has 120 valence electrons. The third-order valence-corrected chi connectivity index (χ3v) is 15.1. The Morgan fingerprint density at radius 2 is 1.14 bits per heavy atom. The van der Waals surface area contributed by atoms with Crippen LogP contribution in [0.25, 0.3) is 0 Å². The van der Waals surface area contributed by atoms with Gasteiger partial charge >= 0.3 is 0 Å². The van der Waals surface area contributed by atoms with E-state index in [0.717, 1.165) is 0 Å². The Kier molecular flexibility index (Phi) is 5.41. The molecule has 0 radical (unpaired) electrons. The van der Waals surface area contributed by atoms with E-state index in [-0.39, 0.29) is 6.07 Å². The summed E-state index contributed by atoms with van der Waals surface area (Å²) in [6.07, 6.45) is 0. The Balaban J connectivity index is 3.52. The quantitative estimate of drug-likeness (QED) is 0.312. The molecule has 0 bridgehead atoms. The highest BCUT2D eigenvalue weighted by Crippen LogP contribution is 2.49. The van der Waals surface area contributed by atoms with Gasteiger partial charge in [0, 0.05) is 6.07 Å². The number of halogens is 5. The fourth-order valence-corrected chi connectivity index (χ4v) is 16.0. The normalized spacial score (nSPS) is 14.7. The summed E-state index contributed by atoms with van der Waals surface area (Å²) < 4.78 is 70.7. The molecule has 1 nitrogen and oxygen atoms in total. The predicted octanol–water partition coefficient (Wildman–Crippen LogP) is 5.12. The van der Waals surface area contributed by atoms with Crippen LogP contribution in [0.5, 0.6) is 0 Å². The van der Waals surface area contributed by atoms with E-state index in [2.05, 4.69) is 0 Å². The molecule has 1 atom stereocenters. The summed E-state index contributed by atoms with van der Waals surface area (Å²) in [5, 5.41) is -1.10. The summed E-state index contributed by atoms with van der Waals surface area (Å²) in [6.45, 7) is 11.0. The van der Waals surface area contributed by atoms with Crippen molar-refractivity contribution in [2.24, 2.45) is 0 Å². The minimum atomic E-state index is -2.96. The van der Waals surface area contributed by atoms with Crippen molar-refractivity contribution in [3.63, 3.8) is 0 Å². The molecule has 1 aromatic rings. The molecule has 21 heavy (non-hydrogen) atoms. The van der Waals surface area contributed by atoms with Gasteiger partial charge in [0.25, 0.3) is 0 Å². The Hall–Kier alpha value is -0.306. The number of hydrogen-bond acceptors (Lipinski definition) is 1. The van der Waals surface area contributed by atoms with Crippen LogP contribution >= 0.6 is 8.38 Å². The zero-order valence-electron chi connectivity index (χ0n) is 12.9. The first kappa shape index (κ1) is 18.7. The van der Waals surface area contributed by atoms with Crippen molar-refractivity contribution in [3.05, 3.63) is 29.3 Å². The molecule has 1 rings (SSSR count). The largest absolute Gasteiger partial charge is 0.295 e. The molecule has 0 spiro atoms. The van der Waals surface area contributed by atoms with Crippen LogP contribution in [0.1, 0.15) is 0 Å². The van der Waals surface area contributed by atoms with Crippen LogP contribution in [0.4, 0.5) is 21.8 Å². The average molecular weight is 359 g/mol. The van der Waals surface area contributed by atoms with E-state index in [4.69, 9.17) is 0 Å². The van der Waals surface area contributed by atoms with Crippen LogP contribution in [-0.4, -0.2) is 20.5 Å². The first-order chi connectivity index (χ1) is 9.28. The zero-order chi connectivity index (χ0) is 16.7. The van der Waals surface area contributed by atoms with E-state index in [0.29, 0.717) is 0 Å². The molecule has 0 fully saturated rings. The van der Waals surface area contributed by atoms with Crippen molar-refractivity contribution in [2.45, 2.75) is 39.3 Å².